The number of hydrogen-bond acceptors (Lipinski definition) is 2. The van der Waals surface area contributed by atoms with Gasteiger partial charge in [0.15, 0.2) is 0 Å². The van der Waals surface area contributed by atoms with Crippen molar-refractivity contribution < 1.29 is 4.74 Å². The highest BCUT2D eigenvalue weighted by Crippen LogP contribution is 2.26. The Bertz CT molecular complexity index is 169. The molecule has 0 saturated carbocycles. The third-order valence-corrected chi connectivity index (χ3v) is 10.4. The maximum Gasteiger partial charge on any atom is 0.0594 e. The first-order valence-electron chi connectivity index (χ1n) is 7.06. The standard InChI is InChI=1S/C13H29NOSi/c1-4-16(5-2,6-3)13-7-8-14-9-11-15-12-10-14/h4-13H2,1-3H3. The van der Waals surface area contributed by atoms with Crippen molar-refractivity contribution in [3.05, 3.63) is 0 Å². The molecule has 0 bridgehead atoms. The smallest absolute Gasteiger partial charge is 0.0594 e. The summed E-state index contributed by atoms with van der Waals surface area (Å²) < 4.78 is 5.38. The Balaban J connectivity index is 2.21. The fourth-order valence-corrected chi connectivity index (χ4v) is 6.25. The molecule has 0 aromatic rings. The van der Waals surface area contributed by atoms with Gasteiger partial charge in [0, 0.05) is 13.1 Å². The van der Waals surface area contributed by atoms with Gasteiger partial charge in [-0.3, -0.25) is 4.90 Å². The summed E-state index contributed by atoms with van der Waals surface area (Å²) in [7, 11) is -0.860. The van der Waals surface area contributed by atoms with Crippen LogP contribution in [0, 0.1) is 0 Å². The second-order valence-corrected chi connectivity index (χ2v) is 10.7. The van der Waals surface area contributed by atoms with Crippen molar-refractivity contribution in [1.82, 2.24) is 4.90 Å². The van der Waals surface area contributed by atoms with Crippen LogP contribution >= 0.6 is 0 Å². The minimum Gasteiger partial charge on any atom is -0.379 e. The molecule has 16 heavy (non-hydrogen) atoms. The van der Waals surface area contributed by atoms with Gasteiger partial charge in [-0.25, -0.2) is 0 Å². The lowest BCUT2D eigenvalue weighted by atomic mass is 10.3. The number of ether oxygens (including phenoxy) is 1. The van der Waals surface area contributed by atoms with Gasteiger partial charge in [0.2, 0.25) is 0 Å². The number of morpholine rings is 1. The van der Waals surface area contributed by atoms with Crippen LogP contribution in [0.5, 0.6) is 0 Å². The second-order valence-electron chi connectivity index (χ2n) is 5.12. The van der Waals surface area contributed by atoms with Gasteiger partial charge in [0.1, 0.15) is 0 Å². The molecule has 0 N–H and O–H groups in total. The topological polar surface area (TPSA) is 12.5 Å². The first-order valence-corrected chi connectivity index (χ1v) is 9.89. The molecule has 0 atom stereocenters. The highest BCUT2D eigenvalue weighted by atomic mass is 28.3. The van der Waals surface area contributed by atoms with Gasteiger partial charge >= 0.3 is 0 Å². The van der Waals surface area contributed by atoms with Gasteiger partial charge in [-0.1, -0.05) is 44.9 Å². The van der Waals surface area contributed by atoms with Crippen molar-refractivity contribution in [2.75, 3.05) is 32.8 Å². The van der Waals surface area contributed by atoms with Gasteiger partial charge in [-0.05, 0) is 13.0 Å². The molecule has 1 aliphatic heterocycles. The Morgan fingerprint density at radius 1 is 1.00 bits per heavy atom. The maximum atomic E-state index is 5.38. The van der Waals surface area contributed by atoms with Crippen LogP contribution in [0.15, 0.2) is 0 Å². The molecule has 0 spiro atoms. The second kappa shape index (κ2) is 7.46. The molecule has 96 valence electrons. The molecule has 0 aliphatic carbocycles. The first kappa shape index (κ1) is 14.2. The summed E-state index contributed by atoms with van der Waals surface area (Å²) in [6, 6.07) is 5.96. The van der Waals surface area contributed by atoms with E-state index in [1.54, 1.807) is 0 Å². The Morgan fingerprint density at radius 2 is 1.56 bits per heavy atom. The first-order chi connectivity index (χ1) is 7.76. The summed E-state index contributed by atoms with van der Waals surface area (Å²) >= 11 is 0. The largest absolute Gasteiger partial charge is 0.379 e. The van der Waals surface area contributed by atoms with Gasteiger partial charge in [0.25, 0.3) is 0 Å². The van der Waals surface area contributed by atoms with Crippen molar-refractivity contribution in [1.29, 1.82) is 0 Å². The average Bonchev–Trinajstić information content (AvgIpc) is 2.37. The van der Waals surface area contributed by atoms with Crippen molar-refractivity contribution in [3.8, 4) is 0 Å². The third-order valence-electron chi connectivity index (χ3n) is 4.54. The minimum atomic E-state index is -0.860. The normalized spacial score (nSPS) is 18.9. The molecular formula is C13H29NOSi. The fraction of sp³-hybridized carbons (Fsp3) is 1.00. The van der Waals surface area contributed by atoms with E-state index in [2.05, 4.69) is 25.7 Å². The summed E-state index contributed by atoms with van der Waals surface area (Å²) in [5.74, 6) is 0. The number of rotatable bonds is 7. The molecule has 1 heterocycles. The predicted octanol–water partition coefficient (Wildman–Crippen LogP) is 3.22. The fourth-order valence-electron chi connectivity index (χ4n) is 2.78. The molecule has 1 fully saturated rings. The lowest BCUT2D eigenvalue weighted by Crippen LogP contribution is -2.38. The van der Waals surface area contributed by atoms with Crippen molar-refractivity contribution in [2.45, 2.75) is 51.4 Å². The van der Waals surface area contributed by atoms with Crippen LogP contribution in [-0.2, 0) is 4.74 Å². The van der Waals surface area contributed by atoms with Crippen LogP contribution in [0.3, 0.4) is 0 Å². The molecule has 0 aromatic heterocycles. The molecule has 0 unspecified atom stereocenters. The van der Waals surface area contributed by atoms with Crippen LogP contribution in [0.4, 0.5) is 0 Å². The Morgan fingerprint density at radius 3 is 2.06 bits per heavy atom. The summed E-state index contributed by atoms with van der Waals surface area (Å²) in [6.45, 7) is 12.7. The molecule has 1 aliphatic rings. The monoisotopic (exact) mass is 243 g/mol. The molecule has 3 heteroatoms. The van der Waals surface area contributed by atoms with E-state index in [4.69, 9.17) is 4.74 Å². The van der Waals surface area contributed by atoms with Gasteiger partial charge in [0.05, 0.1) is 21.3 Å². The van der Waals surface area contributed by atoms with Crippen LogP contribution < -0.4 is 0 Å². The maximum absolute atomic E-state index is 5.38. The average molecular weight is 243 g/mol. The molecule has 0 radical (unpaired) electrons. The minimum absolute atomic E-state index is 0.860. The molecule has 1 saturated heterocycles. The Hall–Kier alpha value is 0.137. The molecule has 0 amide bonds. The summed E-state index contributed by atoms with van der Waals surface area (Å²) in [5, 5.41) is 0. The molecule has 2 nitrogen and oxygen atoms in total. The van der Waals surface area contributed by atoms with Crippen molar-refractivity contribution in [3.63, 3.8) is 0 Å². The molecule has 1 rings (SSSR count). The summed E-state index contributed by atoms with van der Waals surface area (Å²) in [6.07, 6.45) is 1.42. The van der Waals surface area contributed by atoms with Gasteiger partial charge in [-0.2, -0.15) is 0 Å². The Labute approximate surface area is 102 Å². The van der Waals surface area contributed by atoms with E-state index < -0.39 is 8.07 Å². The van der Waals surface area contributed by atoms with E-state index in [9.17, 15) is 0 Å². The van der Waals surface area contributed by atoms with Crippen molar-refractivity contribution >= 4 is 8.07 Å². The Kier molecular flexibility index (Phi) is 6.62. The number of hydrogen-bond donors (Lipinski definition) is 0. The third kappa shape index (κ3) is 4.19. The zero-order chi connectivity index (χ0) is 11.9. The van der Waals surface area contributed by atoms with E-state index in [0.29, 0.717) is 0 Å². The zero-order valence-corrected chi connectivity index (χ0v) is 12.4. The van der Waals surface area contributed by atoms with Crippen molar-refractivity contribution in [2.24, 2.45) is 0 Å². The lowest BCUT2D eigenvalue weighted by Gasteiger charge is -2.31. The van der Waals surface area contributed by atoms with Gasteiger partial charge in [-0.15, -0.1) is 0 Å². The van der Waals surface area contributed by atoms with E-state index >= 15 is 0 Å². The molecule has 0 aromatic carbocycles. The highest BCUT2D eigenvalue weighted by Gasteiger charge is 2.26. The van der Waals surface area contributed by atoms with E-state index in [1.165, 1.54) is 37.1 Å². The van der Waals surface area contributed by atoms with Crippen LogP contribution in [0.25, 0.3) is 0 Å². The van der Waals surface area contributed by atoms with E-state index in [0.717, 1.165) is 26.3 Å². The predicted molar refractivity (Wildman–Crippen MR) is 73.9 cm³/mol. The van der Waals surface area contributed by atoms with Crippen LogP contribution in [-0.4, -0.2) is 45.8 Å². The highest BCUT2D eigenvalue weighted by molar-refractivity contribution is 6.79. The summed E-state index contributed by atoms with van der Waals surface area (Å²) in [4.78, 5) is 2.57. The zero-order valence-electron chi connectivity index (χ0n) is 11.4. The SMILES string of the molecule is CC[Si](CC)(CC)CCCN1CCOCC1. The van der Waals surface area contributed by atoms with E-state index in [1.807, 2.05) is 0 Å². The summed E-state index contributed by atoms with van der Waals surface area (Å²) in [5.41, 5.74) is 0. The lowest BCUT2D eigenvalue weighted by molar-refractivity contribution is 0.0379. The van der Waals surface area contributed by atoms with E-state index in [-0.39, 0.29) is 0 Å². The molecular weight excluding hydrogens is 214 g/mol. The number of nitrogens with zero attached hydrogens (tertiary/aromatic N) is 1. The van der Waals surface area contributed by atoms with Crippen LogP contribution in [0.1, 0.15) is 27.2 Å². The quantitative estimate of drug-likeness (QED) is 0.637. The van der Waals surface area contributed by atoms with Crippen LogP contribution in [0.2, 0.25) is 24.2 Å². The van der Waals surface area contributed by atoms with Gasteiger partial charge < -0.3 is 4.74 Å².